The first-order valence-electron chi connectivity index (χ1n) is 5.77. The van der Waals surface area contributed by atoms with Crippen LogP contribution in [0.4, 0.5) is 4.39 Å². The second-order valence-electron chi connectivity index (χ2n) is 3.77. The highest BCUT2D eigenvalue weighted by molar-refractivity contribution is 5.32. The van der Waals surface area contributed by atoms with E-state index < -0.39 is 11.9 Å². The fraction of sp³-hybridized carbons (Fsp3) is 0.538. The number of hydrogen-bond donors (Lipinski definition) is 1. The van der Waals surface area contributed by atoms with Gasteiger partial charge in [0.2, 0.25) is 0 Å². The molecule has 0 aromatic heterocycles. The van der Waals surface area contributed by atoms with E-state index in [0.717, 1.165) is 0 Å². The Labute approximate surface area is 106 Å². The predicted molar refractivity (Wildman–Crippen MR) is 65.2 cm³/mol. The van der Waals surface area contributed by atoms with Crippen LogP contribution in [0.15, 0.2) is 18.2 Å². The molecule has 1 N–H and O–H groups in total. The Bertz CT molecular complexity index is 357. The van der Waals surface area contributed by atoms with Crippen molar-refractivity contribution in [3.05, 3.63) is 29.6 Å². The third-order valence-electron chi connectivity index (χ3n) is 2.54. The Morgan fingerprint density at radius 3 is 2.67 bits per heavy atom. The maximum Gasteiger partial charge on any atom is 0.170 e. The highest BCUT2D eigenvalue weighted by Gasteiger charge is 2.15. The molecule has 0 aliphatic heterocycles. The van der Waals surface area contributed by atoms with Crippen LogP contribution in [0.3, 0.4) is 0 Å². The van der Waals surface area contributed by atoms with Crippen LogP contribution in [-0.4, -0.2) is 39.1 Å². The van der Waals surface area contributed by atoms with Crippen LogP contribution in [0, 0.1) is 5.82 Å². The molecule has 0 amide bonds. The lowest BCUT2D eigenvalue weighted by Crippen LogP contribution is -2.08. The molecular weight excluding hydrogens is 239 g/mol. The number of aliphatic hydroxyl groups is 1. The van der Waals surface area contributed by atoms with E-state index in [-0.39, 0.29) is 11.3 Å². The fourth-order valence-electron chi connectivity index (χ4n) is 1.54. The molecule has 0 spiro atoms. The number of ether oxygens (including phenoxy) is 3. The molecular formula is C13H19FO4. The first kappa shape index (κ1) is 14.9. The van der Waals surface area contributed by atoms with Crippen molar-refractivity contribution < 1.29 is 23.7 Å². The predicted octanol–water partition coefficient (Wildman–Crippen LogP) is 1.92. The smallest absolute Gasteiger partial charge is 0.170 e. The summed E-state index contributed by atoms with van der Waals surface area (Å²) in [7, 11) is 2.98. The topological polar surface area (TPSA) is 47.9 Å². The molecule has 0 aliphatic rings. The van der Waals surface area contributed by atoms with Crippen molar-refractivity contribution in [2.24, 2.45) is 0 Å². The number of hydrogen-bond acceptors (Lipinski definition) is 4. The normalized spacial score (nSPS) is 12.4. The first-order valence-corrected chi connectivity index (χ1v) is 5.77. The highest BCUT2D eigenvalue weighted by Crippen LogP contribution is 2.26. The van der Waals surface area contributed by atoms with Crippen LogP contribution in [0.5, 0.6) is 5.75 Å². The lowest BCUT2D eigenvalue weighted by Gasteiger charge is -2.13. The lowest BCUT2D eigenvalue weighted by atomic mass is 10.1. The van der Waals surface area contributed by atoms with E-state index in [1.165, 1.54) is 19.2 Å². The third kappa shape index (κ3) is 4.25. The van der Waals surface area contributed by atoms with E-state index in [2.05, 4.69) is 0 Å². The van der Waals surface area contributed by atoms with Gasteiger partial charge >= 0.3 is 0 Å². The summed E-state index contributed by atoms with van der Waals surface area (Å²) in [6, 6.07) is 4.70. The SMILES string of the molecule is COCCOCCC(O)c1cccc(OC)c1F. The summed E-state index contributed by atoms with van der Waals surface area (Å²) < 4.78 is 28.7. The van der Waals surface area contributed by atoms with Crippen molar-refractivity contribution in [1.82, 2.24) is 0 Å². The number of halogens is 1. The van der Waals surface area contributed by atoms with Crippen LogP contribution in [0.2, 0.25) is 0 Å². The first-order chi connectivity index (χ1) is 8.70. The number of benzene rings is 1. The van der Waals surface area contributed by atoms with Crippen LogP contribution in [0.25, 0.3) is 0 Å². The van der Waals surface area contributed by atoms with Gasteiger partial charge < -0.3 is 19.3 Å². The molecule has 1 atom stereocenters. The number of aliphatic hydroxyl groups excluding tert-OH is 1. The van der Waals surface area contributed by atoms with Crippen LogP contribution in [-0.2, 0) is 9.47 Å². The van der Waals surface area contributed by atoms with Crippen LogP contribution >= 0.6 is 0 Å². The molecule has 1 aromatic rings. The molecule has 18 heavy (non-hydrogen) atoms. The zero-order valence-corrected chi connectivity index (χ0v) is 10.7. The fourth-order valence-corrected chi connectivity index (χ4v) is 1.54. The summed E-state index contributed by atoms with van der Waals surface area (Å²) in [4.78, 5) is 0. The van der Waals surface area contributed by atoms with Crippen molar-refractivity contribution in [3.63, 3.8) is 0 Å². The zero-order valence-electron chi connectivity index (χ0n) is 10.7. The molecule has 0 bridgehead atoms. The van der Waals surface area contributed by atoms with Gasteiger partial charge in [0.15, 0.2) is 11.6 Å². The molecule has 0 radical (unpaired) electrons. The summed E-state index contributed by atoms with van der Waals surface area (Å²) in [5, 5.41) is 9.87. The standard InChI is InChI=1S/C13H19FO4/c1-16-8-9-18-7-6-11(15)10-4-3-5-12(17-2)13(10)14/h3-5,11,15H,6-9H2,1-2H3. The van der Waals surface area contributed by atoms with Gasteiger partial charge in [-0.1, -0.05) is 12.1 Å². The number of rotatable bonds is 8. The summed E-state index contributed by atoms with van der Waals surface area (Å²) in [6.45, 7) is 1.31. The van der Waals surface area contributed by atoms with Gasteiger partial charge in [0.1, 0.15) is 0 Å². The van der Waals surface area contributed by atoms with Gasteiger partial charge in [0.05, 0.1) is 26.4 Å². The van der Waals surface area contributed by atoms with Crippen molar-refractivity contribution in [3.8, 4) is 5.75 Å². The summed E-state index contributed by atoms with van der Waals surface area (Å²) in [5.41, 5.74) is 0.227. The molecule has 5 heteroatoms. The molecule has 0 saturated carbocycles. The second-order valence-corrected chi connectivity index (χ2v) is 3.77. The Morgan fingerprint density at radius 2 is 2.00 bits per heavy atom. The molecule has 0 heterocycles. The monoisotopic (exact) mass is 258 g/mol. The Hall–Kier alpha value is -1.17. The molecule has 1 aromatic carbocycles. The second kappa shape index (κ2) is 8.02. The van der Waals surface area contributed by atoms with Gasteiger partial charge in [-0.15, -0.1) is 0 Å². The Balaban J connectivity index is 2.48. The van der Waals surface area contributed by atoms with E-state index in [4.69, 9.17) is 14.2 Å². The quantitative estimate of drug-likeness (QED) is 0.724. The molecule has 0 aliphatic carbocycles. The minimum atomic E-state index is -0.900. The zero-order chi connectivity index (χ0) is 13.4. The van der Waals surface area contributed by atoms with Gasteiger partial charge in [-0.2, -0.15) is 0 Å². The van der Waals surface area contributed by atoms with Gasteiger partial charge in [0.25, 0.3) is 0 Å². The van der Waals surface area contributed by atoms with Gasteiger partial charge in [-0.25, -0.2) is 4.39 Å². The van der Waals surface area contributed by atoms with Gasteiger partial charge in [-0.05, 0) is 6.07 Å². The number of methoxy groups -OCH3 is 2. The van der Waals surface area contributed by atoms with Gasteiger partial charge in [0, 0.05) is 25.7 Å². The van der Waals surface area contributed by atoms with E-state index >= 15 is 0 Å². The molecule has 102 valence electrons. The Morgan fingerprint density at radius 1 is 1.22 bits per heavy atom. The molecule has 1 unspecified atom stereocenters. The molecule has 0 saturated heterocycles. The van der Waals surface area contributed by atoms with Crippen molar-refractivity contribution in [1.29, 1.82) is 0 Å². The minimum absolute atomic E-state index is 0.131. The summed E-state index contributed by atoms with van der Waals surface area (Å²) in [6.07, 6.45) is -0.573. The van der Waals surface area contributed by atoms with Crippen molar-refractivity contribution in [2.75, 3.05) is 34.0 Å². The lowest BCUT2D eigenvalue weighted by molar-refractivity contribution is 0.0467. The maximum absolute atomic E-state index is 13.8. The highest BCUT2D eigenvalue weighted by atomic mass is 19.1. The van der Waals surface area contributed by atoms with Crippen molar-refractivity contribution >= 4 is 0 Å². The van der Waals surface area contributed by atoms with E-state index in [9.17, 15) is 9.50 Å². The van der Waals surface area contributed by atoms with Crippen molar-refractivity contribution in [2.45, 2.75) is 12.5 Å². The minimum Gasteiger partial charge on any atom is -0.494 e. The van der Waals surface area contributed by atoms with Crippen LogP contribution in [0.1, 0.15) is 18.1 Å². The average Bonchev–Trinajstić information content (AvgIpc) is 2.38. The Kier molecular flexibility index (Phi) is 6.64. The summed E-state index contributed by atoms with van der Waals surface area (Å²) >= 11 is 0. The van der Waals surface area contributed by atoms with Gasteiger partial charge in [-0.3, -0.25) is 0 Å². The van der Waals surface area contributed by atoms with Crippen LogP contribution < -0.4 is 4.74 Å². The van der Waals surface area contributed by atoms with E-state index in [0.29, 0.717) is 26.2 Å². The largest absolute Gasteiger partial charge is 0.494 e. The molecule has 4 nitrogen and oxygen atoms in total. The summed E-state index contributed by atoms with van der Waals surface area (Å²) in [5.74, 6) is -0.392. The third-order valence-corrected chi connectivity index (χ3v) is 2.54. The van der Waals surface area contributed by atoms with E-state index in [1.807, 2.05) is 0 Å². The molecule has 0 fully saturated rings. The van der Waals surface area contributed by atoms with E-state index in [1.54, 1.807) is 13.2 Å². The average molecular weight is 258 g/mol. The maximum atomic E-state index is 13.8. The molecule has 1 rings (SSSR count).